The first-order valence-electron chi connectivity index (χ1n) is 5.32. The topological polar surface area (TPSA) is 78.6 Å². The molecule has 0 aromatic heterocycles. The highest BCUT2D eigenvalue weighted by molar-refractivity contribution is 6.52. The zero-order chi connectivity index (χ0) is 13.3. The summed E-state index contributed by atoms with van der Waals surface area (Å²) in [6.45, 7) is -0.237. The molecule has 0 saturated carbocycles. The van der Waals surface area contributed by atoms with Crippen molar-refractivity contribution in [3.63, 3.8) is 0 Å². The number of likely N-dealkylation sites (N-methyl/N-ethyl adjacent to an activating group) is 1. The van der Waals surface area contributed by atoms with Crippen LogP contribution in [0, 0.1) is 0 Å². The number of rotatable bonds is 3. The monoisotopic (exact) mass is 249 g/mol. The second-order valence-electron chi connectivity index (χ2n) is 3.96. The number of hydrogen-bond acceptors (Lipinski definition) is 3. The second-order valence-corrected chi connectivity index (χ2v) is 3.96. The number of carboxylic acids is 1. The van der Waals surface area contributed by atoms with E-state index in [1.807, 2.05) is 0 Å². The number of nitrogens with one attached hydrogen (secondary N) is 1. The lowest BCUT2D eigenvalue weighted by molar-refractivity contribution is -0.485. The summed E-state index contributed by atoms with van der Waals surface area (Å²) in [6, 6.07) is 5.17. The quantitative estimate of drug-likeness (QED) is 0.748. The predicted molar refractivity (Wildman–Crippen MR) is 64.4 cm³/mol. The Morgan fingerprint density at radius 3 is 2.83 bits per heavy atom. The summed E-state index contributed by atoms with van der Waals surface area (Å²) in [4.78, 5) is 22.5. The molecule has 1 aromatic carbocycles. The van der Waals surface area contributed by atoms with E-state index in [2.05, 4.69) is 5.32 Å². The van der Waals surface area contributed by atoms with Crippen LogP contribution in [0.2, 0.25) is 0 Å². The van der Waals surface area contributed by atoms with E-state index >= 15 is 0 Å². The second kappa shape index (κ2) is 4.48. The van der Waals surface area contributed by atoms with E-state index < -0.39 is 5.97 Å². The zero-order valence-corrected chi connectivity index (χ0v) is 10.1. The summed E-state index contributed by atoms with van der Waals surface area (Å²) >= 11 is 0. The Morgan fingerprint density at radius 1 is 1.50 bits per heavy atom. The van der Waals surface area contributed by atoms with Gasteiger partial charge in [0.05, 0.1) is 18.4 Å². The molecular weight excluding hydrogens is 236 g/mol. The van der Waals surface area contributed by atoms with Gasteiger partial charge >= 0.3 is 11.9 Å². The number of fused-ring (bicyclic) bond motifs is 1. The Kier molecular flexibility index (Phi) is 3.01. The smallest absolute Gasteiger partial charge is 0.369 e. The van der Waals surface area contributed by atoms with Crippen LogP contribution in [0.3, 0.4) is 0 Å². The highest BCUT2D eigenvalue weighted by Gasteiger charge is 2.34. The number of benzene rings is 1. The van der Waals surface area contributed by atoms with Crippen molar-refractivity contribution in [1.29, 1.82) is 0 Å². The number of carbonyl (C=O) groups excluding carboxylic acids is 1. The molecule has 1 aliphatic heterocycles. The number of anilines is 1. The molecule has 1 heterocycles. The summed E-state index contributed by atoms with van der Waals surface area (Å²) in [5, 5.41) is 11.5. The lowest BCUT2D eigenvalue weighted by Crippen LogP contribution is -2.29. The maximum absolute atomic E-state index is 11.8. The van der Waals surface area contributed by atoms with E-state index in [1.54, 1.807) is 25.2 Å². The van der Waals surface area contributed by atoms with Gasteiger partial charge in [0.2, 0.25) is 6.54 Å². The van der Waals surface area contributed by atoms with Crippen molar-refractivity contribution < 1.29 is 24.0 Å². The molecule has 0 bridgehead atoms. The first-order chi connectivity index (χ1) is 8.52. The van der Waals surface area contributed by atoms with Crippen molar-refractivity contribution in [2.45, 2.75) is 0 Å². The van der Waals surface area contributed by atoms with E-state index in [9.17, 15) is 9.59 Å². The normalized spacial score (nSPS) is 16.0. The molecule has 1 aliphatic rings. The third-order valence-electron chi connectivity index (χ3n) is 2.70. The van der Waals surface area contributed by atoms with Crippen LogP contribution in [0.1, 0.15) is 5.56 Å². The molecule has 0 aliphatic carbocycles. The van der Waals surface area contributed by atoms with Gasteiger partial charge in [-0.15, -0.1) is 0 Å². The van der Waals surface area contributed by atoms with Crippen molar-refractivity contribution in [3.05, 3.63) is 23.8 Å². The summed E-state index contributed by atoms with van der Waals surface area (Å²) in [5.41, 5.74) is 1.66. The number of amides is 1. The molecule has 0 saturated heterocycles. The van der Waals surface area contributed by atoms with Gasteiger partial charge in [0.15, 0.2) is 0 Å². The van der Waals surface area contributed by atoms with Crippen molar-refractivity contribution in [3.8, 4) is 5.75 Å². The first-order valence-corrected chi connectivity index (χ1v) is 5.32. The van der Waals surface area contributed by atoms with Crippen LogP contribution in [0.5, 0.6) is 5.75 Å². The number of methoxy groups -OCH3 is 1. The first kappa shape index (κ1) is 12.1. The van der Waals surface area contributed by atoms with Crippen molar-refractivity contribution in [2.24, 2.45) is 0 Å². The Balaban J connectivity index is 2.52. The van der Waals surface area contributed by atoms with E-state index in [0.717, 1.165) is 0 Å². The van der Waals surface area contributed by atoms with Crippen LogP contribution < -0.4 is 10.1 Å². The van der Waals surface area contributed by atoms with Gasteiger partial charge in [-0.1, -0.05) is 0 Å². The molecule has 94 valence electrons. The van der Waals surface area contributed by atoms with Crippen molar-refractivity contribution in [2.75, 3.05) is 26.0 Å². The molecule has 0 spiro atoms. The molecule has 1 aromatic rings. The van der Waals surface area contributed by atoms with E-state index in [0.29, 0.717) is 22.7 Å². The number of aliphatic carboxylic acids is 1. The third kappa shape index (κ3) is 2.04. The average Bonchev–Trinajstić information content (AvgIpc) is 2.62. The Morgan fingerprint density at radius 2 is 2.22 bits per heavy atom. The molecule has 18 heavy (non-hydrogen) atoms. The third-order valence-corrected chi connectivity index (χ3v) is 2.70. The Bertz CT molecular complexity index is 563. The summed E-state index contributed by atoms with van der Waals surface area (Å²) in [5.74, 6) is -0.678. The minimum absolute atomic E-state index is 0.237. The minimum atomic E-state index is -0.992. The van der Waals surface area contributed by atoms with E-state index in [-0.39, 0.29) is 12.5 Å². The molecule has 0 atom stereocenters. The van der Waals surface area contributed by atoms with E-state index in [4.69, 9.17) is 9.84 Å². The number of hydrogen-bond donors (Lipinski definition) is 2. The van der Waals surface area contributed by atoms with Crippen LogP contribution >= 0.6 is 0 Å². The van der Waals surface area contributed by atoms with Crippen LogP contribution in [-0.4, -0.2) is 48.0 Å². The Labute approximate surface area is 104 Å². The molecule has 6 nitrogen and oxygen atoms in total. The largest absolute Gasteiger partial charge is 0.497 e. The van der Waals surface area contributed by atoms with Gasteiger partial charge in [0.25, 0.3) is 5.71 Å². The van der Waals surface area contributed by atoms with Gasteiger partial charge in [0, 0.05) is 0 Å². The highest BCUT2D eigenvalue weighted by Crippen LogP contribution is 2.27. The van der Waals surface area contributed by atoms with Crippen LogP contribution in [0.25, 0.3) is 0 Å². The molecule has 2 N–H and O–H groups in total. The number of carbonyl (C=O) groups is 2. The lowest BCUT2D eigenvalue weighted by Gasteiger charge is -2.02. The summed E-state index contributed by atoms with van der Waals surface area (Å²) < 4.78 is 6.50. The van der Waals surface area contributed by atoms with Crippen molar-refractivity contribution in [1.82, 2.24) is 0 Å². The molecule has 0 unspecified atom stereocenters. The molecule has 0 radical (unpaired) electrons. The van der Waals surface area contributed by atoms with E-state index in [1.165, 1.54) is 11.7 Å². The van der Waals surface area contributed by atoms with Crippen molar-refractivity contribution >= 4 is 23.3 Å². The van der Waals surface area contributed by atoms with Gasteiger partial charge in [-0.05, 0) is 18.2 Å². The zero-order valence-electron chi connectivity index (χ0n) is 10.1. The van der Waals surface area contributed by atoms with Gasteiger partial charge in [-0.3, -0.25) is 4.79 Å². The molecule has 1 amide bonds. The fourth-order valence-electron chi connectivity index (χ4n) is 1.92. The molecular formula is C12H13N2O4+. The number of ether oxygens (including phenoxy) is 1. The van der Waals surface area contributed by atoms with Crippen LogP contribution in [0.15, 0.2) is 18.2 Å². The highest BCUT2D eigenvalue weighted by atomic mass is 16.5. The SMILES string of the molecule is COc1ccc2c(c1)C(=[N+](C)CC(=O)O)C(=O)N2. The molecule has 2 rings (SSSR count). The summed E-state index contributed by atoms with van der Waals surface area (Å²) in [7, 11) is 3.10. The molecule has 6 heteroatoms. The van der Waals surface area contributed by atoms with Gasteiger partial charge in [0.1, 0.15) is 12.8 Å². The summed E-state index contributed by atoms with van der Waals surface area (Å²) in [6.07, 6.45) is 0. The van der Waals surface area contributed by atoms with Gasteiger partial charge in [-0.25, -0.2) is 9.37 Å². The fraction of sp³-hybridized carbons (Fsp3) is 0.250. The maximum atomic E-state index is 11.8. The predicted octanol–water partition coefficient (Wildman–Crippen LogP) is 0.163. The average molecular weight is 249 g/mol. The minimum Gasteiger partial charge on any atom is -0.497 e. The maximum Gasteiger partial charge on any atom is 0.369 e. The molecule has 0 fully saturated rings. The number of nitrogens with zero attached hydrogens (tertiary/aromatic N) is 1. The van der Waals surface area contributed by atoms with Crippen LogP contribution in [-0.2, 0) is 9.59 Å². The lowest BCUT2D eigenvalue weighted by atomic mass is 10.1. The van der Waals surface area contributed by atoms with Gasteiger partial charge < -0.3 is 15.2 Å². The van der Waals surface area contributed by atoms with Gasteiger partial charge in [-0.2, -0.15) is 0 Å². The fourth-order valence-corrected chi connectivity index (χ4v) is 1.92. The Hall–Kier alpha value is -2.37. The standard InChI is InChI=1S/C12H12N2O4/c1-14(6-10(15)16)11-8-5-7(18-2)3-4-9(8)13-12(11)17/h3-5H,6H2,1-2H3,(H,15,16)/p+1. The van der Waals surface area contributed by atoms with Crippen LogP contribution in [0.4, 0.5) is 5.69 Å². The number of carboxylic acid groups (broad SMARTS) is 1.